The lowest BCUT2D eigenvalue weighted by Gasteiger charge is -2.15. The number of halogens is 2. The average molecular weight is 325 g/mol. The maximum atomic E-state index is 13.0. The fourth-order valence-corrected chi connectivity index (χ4v) is 3.57. The van der Waals surface area contributed by atoms with Crippen molar-refractivity contribution >= 4 is 38.8 Å². The zero-order valence-corrected chi connectivity index (χ0v) is 12.6. The van der Waals surface area contributed by atoms with Crippen molar-refractivity contribution in [1.82, 2.24) is 4.72 Å². The Morgan fingerprint density at radius 3 is 2.68 bits per heavy atom. The number of nitrogens with two attached hydrogens (primary N) is 1. The molecule has 0 heterocycles. The molecule has 0 aromatic heterocycles. The van der Waals surface area contributed by atoms with Crippen LogP contribution in [0.4, 0.5) is 4.39 Å². The van der Waals surface area contributed by atoms with Crippen LogP contribution in [0, 0.1) is 5.82 Å². The maximum absolute atomic E-state index is 13.0. The standard InChI is InChI=1S/C11H14ClFN2O2S2/c1-2-10(11(14)18)19(16,17)15-6-7-3-4-9(13)8(12)5-7/h3-5,10,15H,2,6H2,1H3,(H2,14,18). The van der Waals surface area contributed by atoms with Gasteiger partial charge in [-0.3, -0.25) is 0 Å². The van der Waals surface area contributed by atoms with Crippen LogP contribution in [-0.4, -0.2) is 18.7 Å². The van der Waals surface area contributed by atoms with Gasteiger partial charge in [0.1, 0.15) is 11.1 Å². The first-order valence-corrected chi connectivity index (χ1v) is 7.83. The number of benzene rings is 1. The number of hydrogen-bond acceptors (Lipinski definition) is 3. The number of nitrogens with one attached hydrogen (secondary N) is 1. The molecule has 1 aromatic carbocycles. The molecule has 0 aliphatic rings. The summed E-state index contributed by atoms with van der Waals surface area (Å²) in [4.78, 5) is -0.0767. The quantitative estimate of drug-likeness (QED) is 0.785. The molecule has 0 aliphatic heterocycles. The predicted molar refractivity (Wildman–Crippen MR) is 78.0 cm³/mol. The first-order chi connectivity index (χ1) is 8.77. The highest BCUT2D eigenvalue weighted by Crippen LogP contribution is 2.16. The van der Waals surface area contributed by atoms with Gasteiger partial charge in [-0.2, -0.15) is 0 Å². The fourth-order valence-electron chi connectivity index (χ4n) is 1.51. The second-order valence-corrected chi connectivity index (χ2v) is 6.74. The Morgan fingerprint density at radius 1 is 1.58 bits per heavy atom. The Hall–Kier alpha value is -0.760. The fraction of sp³-hybridized carbons (Fsp3) is 0.364. The summed E-state index contributed by atoms with van der Waals surface area (Å²) in [6.45, 7) is 1.68. The molecule has 0 amide bonds. The van der Waals surface area contributed by atoms with E-state index in [-0.39, 0.29) is 23.0 Å². The summed E-state index contributed by atoms with van der Waals surface area (Å²) in [5, 5.41) is -0.975. The van der Waals surface area contributed by atoms with Crippen LogP contribution in [0.25, 0.3) is 0 Å². The maximum Gasteiger partial charge on any atom is 0.221 e. The Labute approximate surface area is 122 Å². The molecule has 1 rings (SSSR count). The monoisotopic (exact) mass is 324 g/mol. The molecule has 0 saturated heterocycles. The van der Waals surface area contributed by atoms with Crippen molar-refractivity contribution in [3.05, 3.63) is 34.6 Å². The highest BCUT2D eigenvalue weighted by molar-refractivity contribution is 7.93. The molecule has 1 aromatic rings. The number of rotatable bonds is 6. The van der Waals surface area contributed by atoms with E-state index in [1.54, 1.807) is 6.92 Å². The lowest BCUT2D eigenvalue weighted by atomic mass is 10.2. The third-order valence-electron chi connectivity index (χ3n) is 2.52. The molecule has 1 unspecified atom stereocenters. The molecular formula is C11H14ClFN2O2S2. The van der Waals surface area contributed by atoms with Gasteiger partial charge in [-0.15, -0.1) is 0 Å². The van der Waals surface area contributed by atoms with E-state index < -0.39 is 21.1 Å². The number of hydrogen-bond donors (Lipinski definition) is 2. The molecule has 0 aliphatic carbocycles. The van der Waals surface area contributed by atoms with Gasteiger partial charge in [0.05, 0.1) is 10.0 Å². The van der Waals surface area contributed by atoms with Gasteiger partial charge in [-0.25, -0.2) is 17.5 Å². The van der Waals surface area contributed by atoms with Gasteiger partial charge in [-0.05, 0) is 24.1 Å². The summed E-state index contributed by atoms with van der Waals surface area (Å²) in [7, 11) is -3.65. The van der Waals surface area contributed by atoms with Crippen LogP contribution >= 0.6 is 23.8 Å². The van der Waals surface area contributed by atoms with Crippen molar-refractivity contribution in [2.24, 2.45) is 5.73 Å². The van der Waals surface area contributed by atoms with Gasteiger partial charge in [0, 0.05) is 6.54 Å². The molecule has 1 atom stereocenters. The first-order valence-electron chi connectivity index (χ1n) is 5.49. The van der Waals surface area contributed by atoms with Crippen LogP contribution in [0.3, 0.4) is 0 Å². The Morgan fingerprint density at radius 2 is 2.21 bits per heavy atom. The summed E-state index contributed by atoms with van der Waals surface area (Å²) in [5.41, 5.74) is 5.94. The van der Waals surface area contributed by atoms with Crippen LogP contribution < -0.4 is 10.5 Å². The van der Waals surface area contributed by atoms with Crippen LogP contribution in [0.5, 0.6) is 0 Å². The van der Waals surface area contributed by atoms with Crippen molar-refractivity contribution in [2.75, 3.05) is 0 Å². The third-order valence-corrected chi connectivity index (χ3v) is 5.13. The minimum absolute atomic E-state index is 0.00144. The molecule has 3 N–H and O–H groups in total. The van der Waals surface area contributed by atoms with Crippen molar-refractivity contribution in [1.29, 1.82) is 0 Å². The van der Waals surface area contributed by atoms with Gasteiger partial charge in [0.25, 0.3) is 0 Å². The molecule has 106 valence electrons. The van der Waals surface area contributed by atoms with Gasteiger partial charge in [0.15, 0.2) is 0 Å². The highest BCUT2D eigenvalue weighted by atomic mass is 35.5. The minimum atomic E-state index is -3.65. The molecular weight excluding hydrogens is 311 g/mol. The minimum Gasteiger partial charge on any atom is -0.392 e. The third kappa shape index (κ3) is 4.38. The largest absolute Gasteiger partial charge is 0.392 e. The Kier molecular flexibility index (Phi) is 5.66. The Bertz CT molecular complexity index is 578. The molecule has 0 radical (unpaired) electrons. The summed E-state index contributed by atoms with van der Waals surface area (Å²) < 4.78 is 39.2. The predicted octanol–water partition coefficient (Wildman–Crippen LogP) is 1.96. The SMILES string of the molecule is CCC(C(N)=S)S(=O)(=O)NCc1ccc(F)c(Cl)c1. The smallest absolute Gasteiger partial charge is 0.221 e. The van der Waals surface area contributed by atoms with E-state index in [4.69, 9.17) is 29.6 Å². The average Bonchev–Trinajstić information content (AvgIpc) is 2.31. The van der Waals surface area contributed by atoms with Gasteiger partial charge in [-0.1, -0.05) is 36.8 Å². The van der Waals surface area contributed by atoms with E-state index in [0.717, 1.165) is 0 Å². The van der Waals surface area contributed by atoms with Crippen molar-refractivity contribution in [2.45, 2.75) is 25.1 Å². The lowest BCUT2D eigenvalue weighted by molar-refractivity contribution is 0.574. The van der Waals surface area contributed by atoms with E-state index in [9.17, 15) is 12.8 Å². The highest BCUT2D eigenvalue weighted by Gasteiger charge is 2.25. The second kappa shape index (κ2) is 6.60. The van der Waals surface area contributed by atoms with Crippen LogP contribution in [0.1, 0.15) is 18.9 Å². The summed E-state index contributed by atoms with van der Waals surface area (Å²) in [6, 6.07) is 3.99. The van der Waals surface area contributed by atoms with Crippen molar-refractivity contribution < 1.29 is 12.8 Å². The van der Waals surface area contributed by atoms with Crippen LogP contribution in [0.2, 0.25) is 5.02 Å². The van der Waals surface area contributed by atoms with Gasteiger partial charge >= 0.3 is 0 Å². The summed E-state index contributed by atoms with van der Waals surface area (Å²) in [5.74, 6) is -0.553. The normalized spacial score (nSPS) is 13.2. The van der Waals surface area contributed by atoms with E-state index in [1.165, 1.54) is 18.2 Å². The molecule has 19 heavy (non-hydrogen) atoms. The van der Waals surface area contributed by atoms with Crippen molar-refractivity contribution in [3.8, 4) is 0 Å². The van der Waals surface area contributed by atoms with Crippen LogP contribution in [0.15, 0.2) is 18.2 Å². The van der Waals surface area contributed by atoms with Crippen LogP contribution in [-0.2, 0) is 16.6 Å². The second-order valence-electron chi connectivity index (χ2n) is 3.91. The van der Waals surface area contributed by atoms with Crippen molar-refractivity contribution in [3.63, 3.8) is 0 Å². The van der Waals surface area contributed by atoms with E-state index >= 15 is 0 Å². The van der Waals surface area contributed by atoms with Gasteiger partial charge in [0.2, 0.25) is 10.0 Å². The molecule has 0 bridgehead atoms. The molecule has 4 nitrogen and oxygen atoms in total. The summed E-state index contributed by atoms with van der Waals surface area (Å²) >= 11 is 10.3. The molecule has 0 saturated carbocycles. The molecule has 8 heteroatoms. The zero-order chi connectivity index (χ0) is 14.6. The van der Waals surface area contributed by atoms with Gasteiger partial charge < -0.3 is 5.73 Å². The molecule has 0 spiro atoms. The molecule has 0 fully saturated rings. The lowest BCUT2D eigenvalue weighted by Crippen LogP contribution is -2.41. The number of thiocarbonyl (C=S) groups is 1. The Balaban J connectivity index is 2.80. The van der Waals surface area contributed by atoms with E-state index in [1.807, 2.05) is 0 Å². The van der Waals surface area contributed by atoms with E-state index in [2.05, 4.69) is 4.72 Å². The van der Waals surface area contributed by atoms with E-state index in [0.29, 0.717) is 5.56 Å². The number of sulfonamides is 1. The first kappa shape index (κ1) is 16.3. The topological polar surface area (TPSA) is 72.2 Å². The summed E-state index contributed by atoms with van der Waals surface area (Å²) in [6.07, 6.45) is 0.287. The zero-order valence-electron chi connectivity index (χ0n) is 10.2.